The number of hydrogen-bond acceptors (Lipinski definition) is 4. The fraction of sp³-hybridized carbons (Fsp3) is 0.733. The Labute approximate surface area is 120 Å². The minimum Gasteiger partial charge on any atom is -0.481 e. The molecule has 2 N–H and O–H groups in total. The highest BCUT2D eigenvalue weighted by Gasteiger charge is 2.18. The van der Waals surface area contributed by atoms with Crippen LogP contribution in [0.5, 0.6) is 0 Å². The van der Waals surface area contributed by atoms with Crippen molar-refractivity contribution in [3.05, 3.63) is 17.8 Å². The van der Waals surface area contributed by atoms with Crippen molar-refractivity contribution in [2.75, 3.05) is 6.54 Å². The summed E-state index contributed by atoms with van der Waals surface area (Å²) in [5.74, 6) is 1.28. The zero-order valence-corrected chi connectivity index (χ0v) is 12.9. The Kier molecular flexibility index (Phi) is 6.20. The van der Waals surface area contributed by atoms with E-state index < -0.39 is 5.97 Å². The Morgan fingerprint density at radius 2 is 2.15 bits per heavy atom. The van der Waals surface area contributed by atoms with Crippen molar-refractivity contribution in [3.8, 4) is 0 Å². The molecule has 5 nitrogen and oxygen atoms in total. The van der Waals surface area contributed by atoms with E-state index in [1.165, 1.54) is 0 Å². The Balaban J connectivity index is 2.21. The summed E-state index contributed by atoms with van der Waals surface area (Å²) in [5, 5.41) is 11.9. The van der Waals surface area contributed by atoms with Crippen LogP contribution in [-0.4, -0.2) is 22.6 Å². The number of aliphatic carboxylic acids is 1. The van der Waals surface area contributed by atoms with Gasteiger partial charge in [-0.15, -0.1) is 0 Å². The molecular weight excluding hydrogens is 256 g/mol. The number of hydrogen-bond donors (Lipinski definition) is 2. The zero-order valence-electron chi connectivity index (χ0n) is 12.9. The van der Waals surface area contributed by atoms with Crippen LogP contribution in [0.15, 0.2) is 10.6 Å². The number of carbonyl (C=O) groups is 1. The van der Waals surface area contributed by atoms with Crippen LogP contribution in [-0.2, 0) is 16.8 Å². The minimum atomic E-state index is -0.723. The monoisotopic (exact) mass is 282 g/mol. The van der Waals surface area contributed by atoms with Gasteiger partial charge in [0.1, 0.15) is 5.76 Å². The molecule has 0 saturated heterocycles. The summed E-state index contributed by atoms with van der Waals surface area (Å²) in [6.45, 7) is 9.81. The fourth-order valence-corrected chi connectivity index (χ4v) is 1.80. The van der Waals surface area contributed by atoms with Gasteiger partial charge in [0, 0.05) is 11.8 Å². The van der Waals surface area contributed by atoms with Crippen molar-refractivity contribution in [2.45, 2.75) is 58.9 Å². The van der Waals surface area contributed by atoms with Gasteiger partial charge in [0.15, 0.2) is 0 Å². The Morgan fingerprint density at radius 1 is 1.45 bits per heavy atom. The van der Waals surface area contributed by atoms with Gasteiger partial charge in [-0.25, -0.2) is 4.98 Å². The molecule has 0 amide bonds. The molecule has 1 atom stereocenters. The normalized spacial score (nSPS) is 13.4. The van der Waals surface area contributed by atoms with Gasteiger partial charge >= 0.3 is 5.97 Å². The van der Waals surface area contributed by atoms with Crippen molar-refractivity contribution in [3.63, 3.8) is 0 Å². The Bertz CT molecular complexity index is 421. The number of carboxylic acid groups (broad SMARTS) is 1. The molecule has 0 fully saturated rings. The van der Waals surface area contributed by atoms with Crippen LogP contribution < -0.4 is 5.32 Å². The van der Waals surface area contributed by atoms with Crippen LogP contribution in [0.1, 0.15) is 58.6 Å². The van der Waals surface area contributed by atoms with Crippen molar-refractivity contribution in [1.29, 1.82) is 0 Å². The second kappa shape index (κ2) is 7.43. The van der Waals surface area contributed by atoms with E-state index >= 15 is 0 Å². The summed E-state index contributed by atoms with van der Waals surface area (Å²) in [6, 6.07) is 0. The van der Waals surface area contributed by atoms with Gasteiger partial charge in [-0.3, -0.25) is 4.79 Å². The maximum absolute atomic E-state index is 10.5. The number of nitrogens with one attached hydrogen (secondary N) is 1. The van der Waals surface area contributed by atoms with E-state index in [1.807, 2.05) is 0 Å². The first-order chi connectivity index (χ1) is 9.29. The SMILES string of the molecule is CC(CCNCc1ncc(C(C)(C)C)o1)CCC(=O)O. The van der Waals surface area contributed by atoms with Crippen molar-refractivity contribution in [1.82, 2.24) is 10.3 Å². The number of rotatable bonds is 8. The van der Waals surface area contributed by atoms with Gasteiger partial charge in [-0.2, -0.15) is 0 Å². The highest BCUT2D eigenvalue weighted by atomic mass is 16.4. The van der Waals surface area contributed by atoms with Gasteiger partial charge in [0.05, 0.1) is 12.7 Å². The van der Waals surface area contributed by atoms with E-state index in [2.05, 4.69) is 38.0 Å². The molecule has 5 heteroatoms. The van der Waals surface area contributed by atoms with E-state index in [0.29, 0.717) is 18.4 Å². The summed E-state index contributed by atoms with van der Waals surface area (Å²) < 4.78 is 5.68. The molecule has 0 bridgehead atoms. The summed E-state index contributed by atoms with van der Waals surface area (Å²) >= 11 is 0. The predicted octanol–water partition coefficient (Wildman–Crippen LogP) is 2.95. The third-order valence-electron chi connectivity index (χ3n) is 3.23. The van der Waals surface area contributed by atoms with Crippen LogP contribution in [0.2, 0.25) is 0 Å². The largest absolute Gasteiger partial charge is 0.481 e. The molecule has 1 rings (SSSR count). The molecule has 0 spiro atoms. The van der Waals surface area contributed by atoms with Crippen LogP contribution >= 0.6 is 0 Å². The Hall–Kier alpha value is -1.36. The molecule has 0 saturated carbocycles. The standard InChI is InChI=1S/C15H26N2O3/c1-11(5-6-14(18)19)7-8-16-10-13-17-9-12(20-13)15(2,3)4/h9,11,16H,5-8,10H2,1-4H3,(H,18,19). The first-order valence-electron chi connectivity index (χ1n) is 7.16. The van der Waals surface area contributed by atoms with E-state index in [9.17, 15) is 4.79 Å². The third-order valence-corrected chi connectivity index (χ3v) is 3.23. The molecule has 0 radical (unpaired) electrons. The number of oxazole rings is 1. The average molecular weight is 282 g/mol. The summed E-state index contributed by atoms with van der Waals surface area (Å²) in [5.41, 5.74) is -0.0173. The van der Waals surface area contributed by atoms with Crippen LogP contribution in [0.3, 0.4) is 0 Å². The molecule has 20 heavy (non-hydrogen) atoms. The molecular formula is C15H26N2O3. The molecule has 0 aliphatic carbocycles. The molecule has 1 aromatic heterocycles. The Morgan fingerprint density at radius 3 is 2.70 bits per heavy atom. The second-order valence-corrected chi connectivity index (χ2v) is 6.37. The van der Waals surface area contributed by atoms with Gasteiger partial charge in [0.25, 0.3) is 0 Å². The van der Waals surface area contributed by atoms with E-state index in [-0.39, 0.29) is 11.8 Å². The zero-order chi connectivity index (χ0) is 15.2. The van der Waals surface area contributed by atoms with E-state index in [1.54, 1.807) is 6.20 Å². The first-order valence-corrected chi connectivity index (χ1v) is 7.16. The van der Waals surface area contributed by atoms with E-state index in [4.69, 9.17) is 9.52 Å². The molecule has 0 aliphatic heterocycles. The minimum absolute atomic E-state index is 0.0173. The number of aromatic nitrogens is 1. The van der Waals surface area contributed by atoms with E-state index in [0.717, 1.165) is 25.1 Å². The quantitative estimate of drug-likeness (QED) is 0.717. The van der Waals surface area contributed by atoms with Crippen LogP contribution in [0, 0.1) is 5.92 Å². The summed E-state index contributed by atoms with van der Waals surface area (Å²) in [6.07, 6.45) is 3.71. The lowest BCUT2D eigenvalue weighted by Gasteiger charge is -2.13. The molecule has 114 valence electrons. The lowest BCUT2D eigenvalue weighted by molar-refractivity contribution is -0.137. The third kappa shape index (κ3) is 6.19. The summed E-state index contributed by atoms with van der Waals surface area (Å²) in [7, 11) is 0. The molecule has 1 unspecified atom stereocenters. The smallest absolute Gasteiger partial charge is 0.303 e. The van der Waals surface area contributed by atoms with Crippen molar-refractivity contribution >= 4 is 5.97 Å². The van der Waals surface area contributed by atoms with Crippen LogP contribution in [0.4, 0.5) is 0 Å². The lowest BCUT2D eigenvalue weighted by atomic mass is 9.94. The molecule has 0 aromatic carbocycles. The second-order valence-electron chi connectivity index (χ2n) is 6.37. The van der Waals surface area contributed by atoms with Crippen molar-refractivity contribution in [2.24, 2.45) is 5.92 Å². The van der Waals surface area contributed by atoms with Gasteiger partial charge < -0.3 is 14.8 Å². The van der Waals surface area contributed by atoms with Crippen LogP contribution in [0.25, 0.3) is 0 Å². The van der Waals surface area contributed by atoms with Crippen molar-refractivity contribution < 1.29 is 14.3 Å². The topological polar surface area (TPSA) is 75.4 Å². The summed E-state index contributed by atoms with van der Waals surface area (Å²) in [4.78, 5) is 14.7. The molecule has 0 aliphatic rings. The molecule has 1 heterocycles. The highest BCUT2D eigenvalue weighted by molar-refractivity contribution is 5.66. The predicted molar refractivity (Wildman–Crippen MR) is 77.6 cm³/mol. The molecule has 1 aromatic rings. The number of nitrogens with zero attached hydrogens (tertiary/aromatic N) is 1. The van der Waals surface area contributed by atoms with Gasteiger partial charge in [-0.1, -0.05) is 27.7 Å². The van der Waals surface area contributed by atoms with Gasteiger partial charge in [-0.05, 0) is 25.3 Å². The maximum Gasteiger partial charge on any atom is 0.303 e. The first kappa shape index (κ1) is 16.7. The highest BCUT2D eigenvalue weighted by Crippen LogP contribution is 2.22. The number of carboxylic acids is 1. The fourth-order valence-electron chi connectivity index (χ4n) is 1.80. The average Bonchev–Trinajstić information content (AvgIpc) is 2.80. The maximum atomic E-state index is 10.5. The lowest BCUT2D eigenvalue weighted by Crippen LogP contribution is -2.17. The van der Waals surface area contributed by atoms with Gasteiger partial charge in [0.2, 0.25) is 5.89 Å².